The summed E-state index contributed by atoms with van der Waals surface area (Å²) in [6.45, 7) is 21.9. The molecule has 19 heteroatoms. The minimum absolute atomic E-state index is 0.0317. The van der Waals surface area contributed by atoms with Crippen LogP contribution in [-0.4, -0.2) is 154 Å². The predicted octanol–water partition coefficient (Wildman–Crippen LogP) is 6.09. The molecule has 0 radical (unpaired) electrons. The van der Waals surface area contributed by atoms with Crippen LogP contribution in [0.5, 0.6) is 17.2 Å². The third kappa shape index (κ3) is 13.3. The second-order valence-corrected chi connectivity index (χ2v) is 22.1. The quantitative estimate of drug-likeness (QED) is 0.0842. The van der Waals surface area contributed by atoms with Crippen molar-refractivity contribution in [3.8, 4) is 17.2 Å². The molecule has 5 rings (SSSR count). The Balaban J connectivity index is 1.56. The summed E-state index contributed by atoms with van der Waals surface area (Å²) < 4.78 is 87.0. The summed E-state index contributed by atoms with van der Waals surface area (Å²) in [5.41, 5.74) is -3.90. The number of esters is 1. The first-order valence-corrected chi connectivity index (χ1v) is 26.8. The van der Waals surface area contributed by atoms with Crippen molar-refractivity contribution in [2.45, 2.75) is 185 Å². The zero-order valence-electron chi connectivity index (χ0n) is 44.5. The first kappa shape index (κ1) is 58.5. The standard InChI is InChI=1S/C52H85N3O15S/c1-15-44-51(11,59)46(56)35(8)53-28-31(4)27-50(10,58)47(33(6)45(34(7)48(57)69-44)66-30-65-36(9)38-29-55(17-3)52(38,16-2)64-14)70-49-40(24-23-32(5)67-49)68-41-26-43(63-13)42(62-12)25-39(41)54-71(60,61)37-21-19-18-20-22-37/h18-22,25-26,31-36,38,40,44-47,49,53-54,56,58-59H,15-17,23-24,27-30H2,1-14H3/t31-,32-,33+,34-,35-,36+,38?,40-,44-,45+,46-,47-,49?,50-,51-,52-/m1/s1. The van der Waals surface area contributed by atoms with Crippen molar-refractivity contribution in [1.82, 2.24) is 10.2 Å². The normalized spacial score (nSPS) is 36.3. The number of cyclic esters (lactones) is 1. The Morgan fingerprint density at radius 2 is 1.62 bits per heavy atom. The van der Waals surface area contributed by atoms with E-state index in [1.807, 2.05) is 27.7 Å². The van der Waals surface area contributed by atoms with E-state index in [1.165, 1.54) is 45.4 Å². The molecule has 0 amide bonds. The summed E-state index contributed by atoms with van der Waals surface area (Å²) in [5, 5.41) is 39.5. The maximum Gasteiger partial charge on any atom is 0.311 e. The molecule has 5 N–H and O–H groups in total. The topological polar surface area (TPSA) is 222 Å². The van der Waals surface area contributed by atoms with Gasteiger partial charge in [0.05, 0.1) is 60.7 Å². The third-order valence-electron chi connectivity index (χ3n) is 15.2. The van der Waals surface area contributed by atoms with Gasteiger partial charge in [0.15, 0.2) is 17.8 Å². The van der Waals surface area contributed by atoms with E-state index < -0.39 is 87.6 Å². The average Bonchev–Trinajstić information content (AvgIpc) is 3.33. The molecule has 18 nitrogen and oxygen atoms in total. The van der Waals surface area contributed by atoms with E-state index in [4.69, 9.17) is 42.6 Å². The second kappa shape index (κ2) is 24.8. The van der Waals surface area contributed by atoms with Crippen LogP contribution in [0.3, 0.4) is 0 Å². The van der Waals surface area contributed by atoms with Crippen molar-refractivity contribution in [3.63, 3.8) is 0 Å². The Hall–Kier alpha value is -3.34. The van der Waals surface area contributed by atoms with Crippen LogP contribution in [0, 0.1) is 23.7 Å². The van der Waals surface area contributed by atoms with Gasteiger partial charge in [-0.15, -0.1) is 0 Å². The Kier molecular flexibility index (Phi) is 20.4. The number of aliphatic hydroxyl groups is 3. The van der Waals surface area contributed by atoms with Crippen LogP contribution in [0.15, 0.2) is 47.4 Å². The Morgan fingerprint density at radius 1 is 0.958 bits per heavy atom. The number of nitrogens with zero attached hydrogens (tertiary/aromatic N) is 1. The maximum atomic E-state index is 14.5. The molecule has 404 valence electrons. The number of hydrogen-bond donors (Lipinski definition) is 5. The highest BCUT2D eigenvalue weighted by molar-refractivity contribution is 7.92. The predicted molar refractivity (Wildman–Crippen MR) is 268 cm³/mol. The number of sulfonamides is 1. The Bertz CT molecular complexity index is 2110. The van der Waals surface area contributed by atoms with Crippen LogP contribution >= 0.6 is 0 Å². The van der Waals surface area contributed by atoms with Gasteiger partial charge in [-0.1, -0.05) is 52.8 Å². The molecule has 0 bridgehead atoms. The zero-order valence-corrected chi connectivity index (χ0v) is 45.3. The number of ether oxygens (including phenoxy) is 9. The number of rotatable bonds is 18. The molecule has 16 atom stereocenters. The highest BCUT2D eigenvalue weighted by Gasteiger charge is 2.55. The molecule has 71 heavy (non-hydrogen) atoms. The van der Waals surface area contributed by atoms with Crippen molar-refractivity contribution in [2.24, 2.45) is 23.7 Å². The number of carbonyl (C=O) groups excluding carboxylic acids is 1. The molecule has 2 aromatic carbocycles. The summed E-state index contributed by atoms with van der Waals surface area (Å²) >= 11 is 0. The fourth-order valence-corrected chi connectivity index (χ4v) is 12.1. The molecule has 2 unspecified atom stereocenters. The smallest absolute Gasteiger partial charge is 0.311 e. The van der Waals surface area contributed by atoms with Gasteiger partial charge in [0.1, 0.15) is 42.2 Å². The summed E-state index contributed by atoms with van der Waals surface area (Å²) in [6.07, 6.45) is -5.11. The van der Waals surface area contributed by atoms with Gasteiger partial charge in [-0.2, -0.15) is 0 Å². The molecular weight excluding hydrogens is 939 g/mol. The third-order valence-corrected chi connectivity index (χ3v) is 16.6. The lowest BCUT2D eigenvalue weighted by Crippen LogP contribution is -2.70. The minimum Gasteiger partial charge on any atom is -0.493 e. The van der Waals surface area contributed by atoms with Crippen molar-refractivity contribution >= 4 is 21.7 Å². The fourth-order valence-electron chi connectivity index (χ4n) is 11.0. The van der Waals surface area contributed by atoms with Gasteiger partial charge in [-0.05, 0) is 105 Å². The molecule has 3 heterocycles. The van der Waals surface area contributed by atoms with Crippen LogP contribution in [-0.2, 0) is 43.2 Å². The van der Waals surface area contributed by atoms with E-state index in [2.05, 4.69) is 28.8 Å². The molecule has 2 aromatic rings. The summed E-state index contributed by atoms with van der Waals surface area (Å²) in [5.74, 6) is -2.05. The number of benzene rings is 2. The molecular formula is C52H85N3O15S. The average molecular weight is 1020 g/mol. The number of methoxy groups -OCH3 is 3. The van der Waals surface area contributed by atoms with Crippen molar-refractivity contribution < 1.29 is 71.2 Å². The first-order valence-electron chi connectivity index (χ1n) is 25.4. The van der Waals surface area contributed by atoms with E-state index >= 15 is 0 Å². The van der Waals surface area contributed by atoms with Crippen LogP contribution < -0.4 is 24.2 Å². The number of carbonyl (C=O) groups is 1. The summed E-state index contributed by atoms with van der Waals surface area (Å²) in [7, 11) is 0.506. The van der Waals surface area contributed by atoms with Crippen molar-refractivity contribution in [3.05, 3.63) is 42.5 Å². The van der Waals surface area contributed by atoms with Gasteiger partial charge in [-0.25, -0.2) is 8.42 Å². The van der Waals surface area contributed by atoms with E-state index in [0.717, 1.165) is 19.5 Å². The molecule has 0 saturated carbocycles. The van der Waals surface area contributed by atoms with E-state index in [0.29, 0.717) is 19.4 Å². The van der Waals surface area contributed by atoms with Gasteiger partial charge >= 0.3 is 5.97 Å². The lowest BCUT2D eigenvalue weighted by atomic mass is 9.78. The Labute approximate surface area is 422 Å². The van der Waals surface area contributed by atoms with Crippen LogP contribution in [0.2, 0.25) is 0 Å². The van der Waals surface area contributed by atoms with E-state index in [-0.39, 0.29) is 71.5 Å². The number of likely N-dealkylation sites (tertiary alicyclic amines) is 1. The molecule has 3 saturated heterocycles. The number of hydrogen-bond acceptors (Lipinski definition) is 17. The largest absolute Gasteiger partial charge is 0.493 e. The van der Waals surface area contributed by atoms with Gasteiger partial charge in [0.25, 0.3) is 10.0 Å². The monoisotopic (exact) mass is 1020 g/mol. The first-order chi connectivity index (χ1) is 33.4. The SMILES string of the molecule is CC[C@H]1OC(=O)[C@H](C)[C@@H](OCO[C@@H](C)C2CN(CC)[C@]2(CC)OC)[C@H](C)[C@@H](OC2O[C@H](C)CC[C@H]2Oc2cc(OC)c(OC)cc2NS(=O)(=O)c2ccccc2)[C@](C)(O)C[C@@H](C)CN[C@H](C)[C@@H](O)[C@]1(C)O. The number of anilines is 1. The minimum atomic E-state index is -4.11. The zero-order chi connectivity index (χ0) is 52.6. The number of aliphatic hydroxyl groups excluding tert-OH is 1. The summed E-state index contributed by atoms with van der Waals surface area (Å²) in [6, 6.07) is 10.3. The molecule has 3 aliphatic heterocycles. The molecule has 0 aromatic heterocycles. The van der Waals surface area contributed by atoms with Crippen LogP contribution in [0.1, 0.15) is 108 Å². The molecule has 3 aliphatic rings. The Morgan fingerprint density at radius 3 is 2.23 bits per heavy atom. The highest BCUT2D eigenvalue weighted by Crippen LogP contribution is 2.44. The maximum absolute atomic E-state index is 14.5. The molecule has 0 aliphatic carbocycles. The molecule has 3 fully saturated rings. The van der Waals surface area contributed by atoms with Gasteiger partial charge < -0.3 is 63.3 Å². The van der Waals surface area contributed by atoms with Crippen LogP contribution in [0.4, 0.5) is 5.69 Å². The lowest BCUT2D eigenvalue weighted by Gasteiger charge is -2.58. The van der Waals surface area contributed by atoms with E-state index in [1.54, 1.807) is 53.0 Å². The van der Waals surface area contributed by atoms with Gasteiger partial charge in [0, 0.05) is 43.7 Å². The van der Waals surface area contributed by atoms with E-state index in [9.17, 15) is 28.5 Å². The second-order valence-electron chi connectivity index (χ2n) is 20.4. The van der Waals surface area contributed by atoms with Crippen molar-refractivity contribution in [1.29, 1.82) is 0 Å². The summed E-state index contributed by atoms with van der Waals surface area (Å²) in [4.78, 5) is 16.8. The van der Waals surface area contributed by atoms with Gasteiger partial charge in [0.2, 0.25) is 0 Å². The fraction of sp³-hybridized carbons (Fsp3) is 0.750. The molecule has 0 spiro atoms. The van der Waals surface area contributed by atoms with Crippen LogP contribution in [0.25, 0.3) is 0 Å². The number of nitrogens with one attached hydrogen (secondary N) is 2. The lowest BCUT2D eigenvalue weighted by molar-refractivity contribution is -0.294. The van der Waals surface area contributed by atoms with Gasteiger partial charge in [-0.3, -0.25) is 14.4 Å². The highest BCUT2D eigenvalue weighted by atomic mass is 32.2. The van der Waals surface area contributed by atoms with Crippen molar-refractivity contribution in [2.75, 3.05) is 52.5 Å².